The van der Waals surface area contributed by atoms with E-state index in [2.05, 4.69) is 5.43 Å². The van der Waals surface area contributed by atoms with Crippen molar-refractivity contribution >= 4 is 52.9 Å². The van der Waals surface area contributed by atoms with Crippen LogP contribution < -0.4 is 19.6 Å². The molecule has 2 bridgehead atoms. The van der Waals surface area contributed by atoms with Gasteiger partial charge in [-0.15, -0.1) is 0 Å². The second-order valence-electron chi connectivity index (χ2n) is 24.0. The van der Waals surface area contributed by atoms with Crippen LogP contribution in [0.4, 0.5) is 0 Å². The molecule has 3 aliphatic rings. The zero-order chi connectivity index (χ0) is 63.7. The first-order valence-corrected chi connectivity index (χ1v) is 30.4. The second kappa shape index (κ2) is 31.6. The molecule has 3 aliphatic heterocycles. The number of rotatable bonds is 10. The van der Waals surface area contributed by atoms with Gasteiger partial charge >= 0.3 is 11.9 Å². The summed E-state index contributed by atoms with van der Waals surface area (Å²) in [5.41, 5.74) is 4.59. The number of hydrogen-bond donors (Lipinski definition) is 1. The standard InChI is InChI=1S/C68H86N6O14/c1-45(2)40-53-61(77)55(75)35-39-86-50-27-20-26-49(43-50)56(33-31-47-32-34-57(84-8)58(42-47)85-9)88-67(83)52-28-16-19-37-74(52)66(82)62(78)68(3,4)44-87-59(76)30-17-18-36-70(5)69-60(48-24-14-11-15-25-48)65(81)72(7)54(41-46-22-12-10-13-23-46)64(80)73-38-21-29-51(73)63(79)71(53)6/h10-15,17,20,22-27,30,32,34,42-43,45,51-54,56,60,69H,16,18-19,21,28-29,31,33,35-41,44H2,1-9H3/t51-,52+,53+,54+,56-,60?/m1/s1. The van der Waals surface area contributed by atoms with E-state index in [1.165, 1.54) is 60.8 Å². The highest BCUT2D eigenvalue weighted by molar-refractivity contribution is 6.39. The van der Waals surface area contributed by atoms with Crippen molar-refractivity contribution in [3.8, 4) is 17.2 Å². The highest BCUT2D eigenvalue weighted by Crippen LogP contribution is 2.34. The maximum Gasteiger partial charge on any atom is 0.330 e. The van der Waals surface area contributed by atoms with E-state index in [-0.39, 0.29) is 57.7 Å². The summed E-state index contributed by atoms with van der Waals surface area (Å²) in [7, 11) is 7.87. The van der Waals surface area contributed by atoms with Gasteiger partial charge in [0.15, 0.2) is 11.5 Å². The first-order chi connectivity index (χ1) is 42.1. The second-order valence-corrected chi connectivity index (χ2v) is 24.0. The van der Waals surface area contributed by atoms with Gasteiger partial charge in [-0.2, -0.15) is 0 Å². The molecule has 0 spiro atoms. The molecule has 88 heavy (non-hydrogen) atoms. The minimum Gasteiger partial charge on any atom is -0.493 e. The Morgan fingerprint density at radius 2 is 1.33 bits per heavy atom. The highest BCUT2D eigenvalue weighted by Gasteiger charge is 2.45. The predicted molar refractivity (Wildman–Crippen MR) is 329 cm³/mol. The molecule has 0 aliphatic carbocycles. The Hall–Kier alpha value is -8.23. The number of hydrazine groups is 1. The average Bonchev–Trinajstić information content (AvgIpc) is 2.27. The number of ether oxygens (including phenoxy) is 5. The van der Waals surface area contributed by atoms with Crippen LogP contribution >= 0.6 is 0 Å². The molecule has 4 aromatic rings. The molecular weight excluding hydrogens is 1120 g/mol. The number of carbonyl (C=O) groups is 9. The van der Waals surface area contributed by atoms with Gasteiger partial charge in [0.1, 0.15) is 42.6 Å². The number of likely N-dealkylation sites (N-methyl/N-ethyl adjacent to an activating group) is 2. The number of benzene rings is 4. The number of cyclic esters (lactones) is 2. The van der Waals surface area contributed by atoms with E-state index in [9.17, 15) is 33.6 Å². The summed E-state index contributed by atoms with van der Waals surface area (Å²) in [6, 6.07) is 25.3. The van der Waals surface area contributed by atoms with Gasteiger partial charge in [-0.25, -0.2) is 20.0 Å². The molecule has 1 unspecified atom stereocenters. The van der Waals surface area contributed by atoms with Crippen molar-refractivity contribution in [3.63, 3.8) is 0 Å². The number of amides is 4. The lowest BCUT2D eigenvalue weighted by molar-refractivity contribution is -0.165. The van der Waals surface area contributed by atoms with Crippen LogP contribution in [-0.4, -0.2) is 170 Å². The van der Waals surface area contributed by atoms with Gasteiger partial charge in [-0.05, 0) is 124 Å². The van der Waals surface area contributed by atoms with Crippen LogP contribution in [0.1, 0.15) is 120 Å². The fourth-order valence-electron chi connectivity index (χ4n) is 11.4. The third kappa shape index (κ3) is 17.5. The molecule has 4 amide bonds. The van der Waals surface area contributed by atoms with Crippen molar-refractivity contribution in [2.24, 2.45) is 11.3 Å². The number of fused-ring (bicyclic) bond motifs is 4. The first-order valence-electron chi connectivity index (χ1n) is 30.4. The molecule has 472 valence electrons. The molecule has 4 aromatic carbocycles. The van der Waals surface area contributed by atoms with Crippen LogP contribution in [0.25, 0.3) is 0 Å². The number of piperidine rings is 1. The maximum absolute atomic E-state index is 15.2. The van der Waals surface area contributed by atoms with Gasteiger partial charge in [-0.3, -0.25) is 33.6 Å². The molecule has 2 fully saturated rings. The third-order valence-electron chi connectivity index (χ3n) is 16.5. The van der Waals surface area contributed by atoms with Gasteiger partial charge in [0, 0.05) is 59.7 Å². The molecule has 20 nitrogen and oxygen atoms in total. The minimum atomic E-state index is -1.48. The van der Waals surface area contributed by atoms with Crippen molar-refractivity contribution in [2.45, 2.75) is 135 Å². The normalized spacial score (nSPS) is 23.4. The number of carbonyl (C=O) groups excluding carboxylic acids is 9. The number of nitrogens with zero attached hydrogens (tertiary/aromatic N) is 5. The highest BCUT2D eigenvalue weighted by atomic mass is 16.5. The van der Waals surface area contributed by atoms with Crippen LogP contribution in [-0.2, 0) is 65.5 Å². The lowest BCUT2D eigenvalue weighted by Crippen LogP contribution is -2.58. The number of Topliss-reactive ketones (excluding diaryl/α,β-unsaturated/α-hetero) is 3. The molecule has 3 heterocycles. The maximum atomic E-state index is 15.2. The summed E-state index contributed by atoms with van der Waals surface area (Å²) in [5, 5.41) is 1.70. The molecule has 2 saturated heterocycles. The van der Waals surface area contributed by atoms with E-state index < -0.39 is 101 Å². The Balaban J connectivity index is 1.20. The fourth-order valence-corrected chi connectivity index (χ4v) is 11.4. The van der Waals surface area contributed by atoms with E-state index in [1.807, 2.05) is 62.4 Å². The summed E-state index contributed by atoms with van der Waals surface area (Å²) in [6.07, 6.45) is 4.96. The Morgan fingerprint density at radius 1 is 0.659 bits per heavy atom. The van der Waals surface area contributed by atoms with Gasteiger partial charge in [-0.1, -0.05) is 98.8 Å². The van der Waals surface area contributed by atoms with Crippen molar-refractivity contribution in [1.82, 2.24) is 30.0 Å². The predicted octanol–water partition coefficient (Wildman–Crippen LogP) is 7.42. The smallest absolute Gasteiger partial charge is 0.330 e. The van der Waals surface area contributed by atoms with Gasteiger partial charge in [0.2, 0.25) is 35.1 Å². The number of esters is 2. The monoisotopic (exact) mass is 1210 g/mol. The van der Waals surface area contributed by atoms with Crippen LogP contribution in [0, 0.1) is 11.3 Å². The van der Waals surface area contributed by atoms with Crippen LogP contribution in [0.2, 0.25) is 0 Å². The number of methoxy groups -OCH3 is 2. The Bertz CT molecular complexity index is 3130. The first kappa shape index (κ1) is 67.3. The van der Waals surface area contributed by atoms with Crippen molar-refractivity contribution in [1.29, 1.82) is 0 Å². The topological polar surface area (TPSA) is 228 Å². The average molecular weight is 1210 g/mol. The Morgan fingerprint density at radius 3 is 2.03 bits per heavy atom. The summed E-state index contributed by atoms with van der Waals surface area (Å²) in [4.78, 5) is 135. The van der Waals surface area contributed by atoms with E-state index >= 15 is 9.59 Å². The molecule has 7 rings (SSSR count). The molecule has 0 saturated carbocycles. The molecular formula is C68H86N6O14. The number of ketones is 3. The quantitative estimate of drug-likeness (QED) is 0.120. The van der Waals surface area contributed by atoms with Gasteiger partial charge < -0.3 is 43.3 Å². The van der Waals surface area contributed by atoms with Gasteiger partial charge in [0.05, 0.1) is 32.3 Å². The fraction of sp³-hybridized carbons (Fsp3) is 0.485. The van der Waals surface area contributed by atoms with Crippen molar-refractivity contribution in [2.75, 3.05) is 68.2 Å². The van der Waals surface area contributed by atoms with Crippen LogP contribution in [0.5, 0.6) is 17.2 Å². The van der Waals surface area contributed by atoms with E-state index in [1.54, 1.807) is 79.8 Å². The van der Waals surface area contributed by atoms with Crippen LogP contribution in [0.3, 0.4) is 0 Å². The number of nitrogens with one attached hydrogen (secondary N) is 1. The lowest BCUT2D eigenvalue weighted by Gasteiger charge is -2.37. The molecule has 0 radical (unpaired) electrons. The zero-order valence-electron chi connectivity index (χ0n) is 52.3. The summed E-state index contributed by atoms with van der Waals surface area (Å²) >= 11 is 0. The van der Waals surface area contributed by atoms with Crippen LogP contribution in [0.15, 0.2) is 115 Å². The number of aryl methyl sites for hydroxylation is 1. The summed E-state index contributed by atoms with van der Waals surface area (Å²) in [5.74, 6) is -4.89. The largest absolute Gasteiger partial charge is 0.493 e. The van der Waals surface area contributed by atoms with E-state index in [4.69, 9.17) is 23.7 Å². The Labute approximate surface area is 516 Å². The van der Waals surface area contributed by atoms with Crippen molar-refractivity contribution in [3.05, 3.63) is 138 Å². The molecule has 6 atom stereocenters. The van der Waals surface area contributed by atoms with Gasteiger partial charge in [0.25, 0.3) is 5.91 Å². The summed E-state index contributed by atoms with van der Waals surface area (Å²) < 4.78 is 29.0. The molecule has 1 N–H and O–H groups in total. The lowest BCUT2D eigenvalue weighted by atomic mass is 9.87. The zero-order valence-corrected chi connectivity index (χ0v) is 52.3. The number of hydrogen-bond acceptors (Lipinski definition) is 16. The summed E-state index contributed by atoms with van der Waals surface area (Å²) in [6.45, 7) is 6.76. The third-order valence-corrected chi connectivity index (χ3v) is 16.5. The molecule has 20 heteroatoms. The molecule has 0 aromatic heterocycles. The van der Waals surface area contributed by atoms with E-state index in [0.29, 0.717) is 73.4 Å². The Kier molecular flexibility index (Phi) is 24.2. The van der Waals surface area contributed by atoms with Crippen molar-refractivity contribution < 1.29 is 66.8 Å². The minimum absolute atomic E-state index is 0.114. The SMILES string of the molecule is COc1ccc(CC[C@H]2OC(=O)[C@@H]3CCCCN3C(=O)C(=O)C(C)(C)COC(=O)C=CCCN(C)NC(c3ccccc3)C(=O)N(C)[C@@H](Cc3ccccc3)C(=O)N3CCC[C@@H]3C(=O)N(C)[C@@H](CC(C)C)C(=O)C(=O)CCOc3cccc2c3)cc1OC. The van der Waals surface area contributed by atoms with E-state index in [0.717, 1.165) is 11.1 Å².